The number of carbonyl (C=O) groups is 2. The Hall–Kier alpha value is -4.23. The van der Waals surface area contributed by atoms with Crippen LogP contribution in [0.5, 0.6) is 0 Å². The number of aliphatic hydroxyl groups excluding tert-OH is 1. The van der Waals surface area contributed by atoms with Crippen molar-refractivity contribution in [3.05, 3.63) is 48.1 Å². The number of carbonyl (C=O) groups excluding carboxylic acids is 2. The van der Waals surface area contributed by atoms with Crippen molar-refractivity contribution in [2.24, 2.45) is 0 Å². The van der Waals surface area contributed by atoms with Crippen molar-refractivity contribution in [1.29, 1.82) is 0 Å². The molecule has 318 valence electrons. The number of ether oxygens (including phenoxy) is 4. The SMILES string of the molecule is C=CCCC(=O)N1C[C@H](OCC)C[C@@H]1C(=O)O[C@@H]1[C@H](COP(=O)(O)O[C@H]2C[C@H](n3ccc(N)nc3=O)O[C@@H]2COP(=O)(O)O)OC(n2cnc3c(N)ncnc32)[C@@H]1O. The molecule has 0 spiro atoms. The number of anilines is 2. The lowest BCUT2D eigenvalue weighted by Gasteiger charge is -2.27. The van der Waals surface area contributed by atoms with E-state index >= 15 is 0 Å². The van der Waals surface area contributed by atoms with Crippen LogP contribution in [0.15, 0.2) is 42.4 Å². The smallest absolute Gasteiger partial charge is 0.455 e. The number of rotatable bonds is 17. The third-order valence-electron chi connectivity index (χ3n) is 9.46. The van der Waals surface area contributed by atoms with Gasteiger partial charge >= 0.3 is 27.3 Å². The van der Waals surface area contributed by atoms with Crippen molar-refractivity contribution in [3.8, 4) is 0 Å². The largest absolute Gasteiger partial charge is 0.472 e. The summed E-state index contributed by atoms with van der Waals surface area (Å²) in [7, 11) is -10.3. The first-order chi connectivity index (χ1) is 27.5. The first kappa shape index (κ1) is 43.4. The molecule has 0 saturated carbocycles. The predicted molar refractivity (Wildman–Crippen MR) is 195 cm³/mol. The molecule has 0 aromatic carbocycles. The lowest BCUT2D eigenvalue weighted by Crippen LogP contribution is -2.46. The minimum atomic E-state index is -5.20. The molecule has 3 fully saturated rings. The molecule has 8 N–H and O–H groups in total. The number of aliphatic hydroxyl groups is 1. The Bertz CT molecular complexity index is 2140. The highest BCUT2D eigenvalue weighted by atomic mass is 31.2. The number of esters is 1. The fourth-order valence-corrected chi connectivity index (χ4v) is 8.14. The molecule has 27 heteroatoms. The minimum Gasteiger partial charge on any atom is -0.455 e. The third kappa shape index (κ3) is 9.96. The van der Waals surface area contributed by atoms with E-state index in [9.17, 15) is 43.3 Å². The van der Waals surface area contributed by atoms with Gasteiger partial charge in [-0.15, -0.1) is 6.58 Å². The topological polar surface area (TPSA) is 348 Å². The molecule has 3 aliphatic heterocycles. The Balaban J connectivity index is 1.22. The van der Waals surface area contributed by atoms with Gasteiger partial charge in [-0.1, -0.05) is 6.08 Å². The van der Waals surface area contributed by atoms with E-state index in [-0.39, 0.29) is 54.5 Å². The highest BCUT2D eigenvalue weighted by Crippen LogP contribution is 2.50. The average Bonchev–Trinajstić information content (AvgIpc) is 3.94. The molecule has 25 nitrogen and oxygen atoms in total. The number of phosphoric ester groups is 2. The fraction of sp³-hybridized carbons (Fsp3) is 0.581. The number of likely N-dealkylation sites (tertiary alicyclic amines) is 1. The van der Waals surface area contributed by atoms with Crippen molar-refractivity contribution in [3.63, 3.8) is 0 Å². The Morgan fingerprint density at radius 1 is 1.07 bits per heavy atom. The highest BCUT2D eigenvalue weighted by molar-refractivity contribution is 7.47. The van der Waals surface area contributed by atoms with Crippen LogP contribution in [-0.2, 0) is 51.2 Å². The van der Waals surface area contributed by atoms with Gasteiger partial charge in [0.25, 0.3) is 0 Å². The van der Waals surface area contributed by atoms with Gasteiger partial charge in [-0.05, 0) is 19.4 Å². The lowest BCUT2D eigenvalue weighted by atomic mass is 10.1. The Morgan fingerprint density at radius 2 is 1.83 bits per heavy atom. The third-order valence-corrected chi connectivity index (χ3v) is 11.0. The second-order valence-electron chi connectivity index (χ2n) is 13.3. The standard InChI is InChI=1S/C31H43N9O16P2/c1-3-5-6-22(41)39-11-16(50-4-2)9-17(39)30(43)55-26-20(54-29(25(26)42)40-15-36-24-27(33)34-14-35-28(24)40)13-52-58(48,49)56-18-10-23(38-8-7-21(32)37-31(38)44)53-19(18)12-51-57(45,46)47/h3,7-8,14-20,23,25-26,29,42H,1,4-6,9-13H2,2H3,(H,48,49)(H2,32,37,44)(H2,33,34,35)(H2,45,46,47)/t16-,17-,18+,19-,20+,23-,25-,26-,29?/m1/s1. The molecule has 3 aliphatic rings. The molecule has 6 heterocycles. The molecule has 58 heavy (non-hydrogen) atoms. The molecule has 3 saturated heterocycles. The molecule has 3 aromatic heterocycles. The van der Waals surface area contributed by atoms with Crippen LogP contribution in [0.2, 0.25) is 0 Å². The number of amides is 1. The minimum absolute atomic E-state index is 0.0175. The highest BCUT2D eigenvalue weighted by Gasteiger charge is 2.51. The van der Waals surface area contributed by atoms with Gasteiger partial charge in [0.05, 0.1) is 25.6 Å². The van der Waals surface area contributed by atoms with Gasteiger partial charge in [0, 0.05) is 38.6 Å². The van der Waals surface area contributed by atoms with Crippen LogP contribution in [0.4, 0.5) is 11.6 Å². The van der Waals surface area contributed by atoms with Crippen LogP contribution in [0.1, 0.15) is 45.1 Å². The van der Waals surface area contributed by atoms with E-state index < -0.39 is 95.6 Å². The summed E-state index contributed by atoms with van der Waals surface area (Å²) in [4.78, 5) is 86.1. The zero-order chi connectivity index (χ0) is 41.9. The number of nitrogens with two attached hydrogens (primary N) is 2. The maximum absolute atomic E-state index is 13.9. The summed E-state index contributed by atoms with van der Waals surface area (Å²) < 4.78 is 65.8. The zero-order valence-corrected chi connectivity index (χ0v) is 32.6. The molecule has 2 unspecified atom stereocenters. The van der Waals surface area contributed by atoms with Crippen LogP contribution in [0.3, 0.4) is 0 Å². The molecule has 1 amide bonds. The van der Waals surface area contributed by atoms with Crippen LogP contribution in [0.25, 0.3) is 11.2 Å². The Morgan fingerprint density at radius 3 is 2.53 bits per heavy atom. The average molecular weight is 860 g/mol. The number of phosphoric acid groups is 2. The summed E-state index contributed by atoms with van der Waals surface area (Å²) in [5.41, 5.74) is 10.9. The first-order valence-electron chi connectivity index (χ1n) is 17.8. The maximum Gasteiger partial charge on any atom is 0.472 e. The van der Waals surface area contributed by atoms with Crippen LogP contribution >= 0.6 is 15.6 Å². The summed E-state index contributed by atoms with van der Waals surface area (Å²) in [5, 5.41) is 11.6. The van der Waals surface area contributed by atoms with Crippen LogP contribution in [0, 0.1) is 0 Å². The maximum atomic E-state index is 13.9. The number of allylic oxidation sites excluding steroid dienone is 1. The van der Waals surface area contributed by atoms with E-state index in [2.05, 4.69) is 31.0 Å². The summed E-state index contributed by atoms with van der Waals surface area (Å²) in [6.45, 7) is 4.11. The van der Waals surface area contributed by atoms with Gasteiger partial charge in [0.1, 0.15) is 54.3 Å². The van der Waals surface area contributed by atoms with Crippen molar-refractivity contribution >= 4 is 50.3 Å². The summed E-state index contributed by atoms with van der Waals surface area (Å²) >= 11 is 0. The number of nitrogen functional groups attached to an aromatic ring is 2. The summed E-state index contributed by atoms with van der Waals surface area (Å²) in [5.74, 6) is -1.36. The fourth-order valence-electron chi connectivity index (χ4n) is 6.84. The molecule has 0 bridgehead atoms. The van der Waals surface area contributed by atoms with Gasteiger partial charge in [-0.25, -0.2) is 33.7 Å². The van der Waals surface area contributed by atoms with Gasteiger partial charge in [-0.3, -0.25) is 27.5 Å². The second kappa shape index (κ2) is 17.9. The van der Waals surface area contributed by atoms with Crippen molar-refractivity contribution < 1.29 is 71.0 Å². The van der Waals surface area contributed by atoms with Crippen LogP contribution < -0.4 is 17.2 Å². The lowest BCUT2D eigenvalue weighted by molar-refractivity contribution is -0.164. The van der Waals surface area contributed by atoms with Crippen molar-refractivity contribution in [1.82, 2.24) is 34.0 Å². The monoisotopic (exact) mass is 859 g/mol. The van der Waals surface area contributed by atoms with Gasteiger partial charge in [0.15, 0.2) is 23.8 Å². The van der Waals surface area contributed by atoms with Gasteiger partial charge in [0.2, 0.25) is 5.91 Å². The predicted octanol–water partition coefficient (Wildman–Crippen LogP) is -0.711. The number of nitrogens with zero attached hydrogens (tertiary/aromatic N) is 7. The second-order valence-corrected chi connectivity index (χ2v) is 16.0. The van der Waals surface area contributed by atoms with E-state index in [0.717, 1.165) is 10.9 Å². The molecule has 0 aliphatic carbocycles. The molecular weight excluding hydrogens is 816 g/mol. The normalized spacial score (nSPS) is 28.5. The molecule has 3 aromatic rings. The number of imidazole rings is 1. The Kier molecular flexibility index (Phi) is 13.4. The Labute approximate surface area is 328 Å². The van der Waals surface area contributed by atoms with Crippen molar-refractivity contribution in [2.45, 2.75) is 87.7 Å². The van der Waals surface area contributed by atoms with Crippen molar-refractivity contribution in [2.75, 3.05) is 37.8 Å². The summed E-state index contributed by atoms with van der Waals surface area (Å²) in [6, 6.07) is 0.158. The van der Waals surface area contributed by atoms with Gasteiger partial charge < -0.3 is 55.1 Å². The zero-order valence-electron chi connectivity index (χ0n) is 30.8. The molecule has 6 rings (SSSR count). The number of aromatic nitrogens is 6. The number of hydrogen-bond acceptors (Lipinski definition) is 19. The van der Waals surface area contributed by atoms with E-state index in [0.29, 0.717) is 13.0 Å². The van der Waals surface area contributed by atoms with E-state index in [1.54, 1.807) is 13.0 Å². The van der Waals surface area contributed by atoms with Gasteiger partial charge in [-0.2, -0.15) is 4.98 Å². The number of fused-ring (bicyclic) bond motifs is 1. The molecular formula is C31H43N9O16P2. The molecule has 10 atom stereocenters. The first-order valence-corrected chi connectivity index (χ1v) is 20.9. The van der Waals surface area contributed by atoms with E-state index in [1.807, 2.05) is 0 Å². The molecule has 0 radical (unpaired) electrons. The van der Waals surface area contributed by atoms with E-state index in [4.69, 9.17) is 39.5 Å². The van der Waals surface area contributed by atoms with Crippen LogP contribution in [-0.4, -0.2) is 135 Å². The van der Waals surface area contributed by atoms with E-state index in [1.165, 1.54) is 28.1 Å². The number of hydrogen-bond donors (Lipinski definition) is 6. The quantitative estimate of drug-likeness (QED) is 0.0554. The summed E-state index contributed by atoms with van der Waals surface area (Å²) in [6.07, 6.45) is -5.41.